The van der Waals surface area contributed by atoms with Gasteiger partial charge in [-0.25, -0.2) is 0 Å². The number of fused-ring (bicyclic) bond motifs is 1. The van der Waals surface area contributed by atoms with Gasteiger partial charge in [0.1, 0.15) is 5.75 Å². The van der Waals surface area contributed by atoms with Crippen LogP contribution in [0.1, 0.15) is 24.0 Å². The van der Waals surface area contributed by atoms with E-state index in [-0.39, 0.29) is 11.5 Å². The molecule has 1 aliphatic heterocycles. The fraction of sp³-hybridized carbons (Fsp3) is 0.556. The van der Waals surface area contributed by atoms with Crippen LogP contribution in [0.4, 0.5) is 0 Å². The fourth-order valence-electron chi connectivity index (χ4n) is 4.94. The highest BCUT2D eigenvalue weighted by Gasteiger charge is 2.53. The lowest BCUT2D eigenvalue weighted by Gasteiger charge is -2.57. The molecular formula is C18H23NO2. The van der Waals surface area contributed by atoms with Gasteiger partial charge in [-0.2, -0.15) is 0 Å². The summed E-state index contributed by atoms with van der Waals surface area (Å²) < 4.78 is 5.62. The first-order valence-electron chi connectivity index (χ1n) is 7.89. The Labute approximate surface area is 126 Å². The van der Waals surface area contributed by atoms with Crippen LogP contribution in [0.25, 0.3) is 0 Å². The molecule has 0 spiro atoms. The molecule has 3 aliphatic rings. The van der Waals surface area contributed by atoms with Crippen molar-refractivity contribution in [3.05, 3.63) is 41.5 Å². The Morgan fingerprint density at radius 2 is 2.19 bits per heavy atom. The lowest BCUT2D eigenvalue weighted by atomic mass is 9.53. The molecule has 0 unspecified atom stereocenters. The maximum Gasteiger partial charge on any atom is 0.122 e. The van der Waals surface area contributed by atoms with E-state index in [2.05, 4.69) is 36.2 Å². The van der Waals surface area contributed by atoms with Gasteiger partial charge in [-0.15, -0.1) is 0 Å². The highest BCUT2D eigenvalue weighted by atomic mass is 16.5. The second kappa shape index (κ2) is 4.59. The minimum Gasteiger partial charge on any atom is -0.496 e. The summed E-state index contributed by atoms with van der Waals surface area (Å²) in [6.07, 6.45) is 6.97. The highest BCUT2D eigenvalue weighted by molar-refractivity contribution is 5.50. The number of methoxy groups -OCH3 is 1. The predicted octanol–water partition coefficient (Wildman–Crippen LogP) is 2.13. The van der Waals surface area contributed by atoms with Crippen LogP contribution in [-0.4, -0.2) is 42.9 Å². The third-order valence-corrected chi connectivity index (χ3v) is 5.95. The van der Waals surface area contributed by atoms with Crippen LogP contribution in [0.5, 0.6) is 5.75 Å². The summed E-state index contributed by atoms with van der Waals surface area (Å²) >= 11 is 0. The van der Waals surface area contributed by atoms with Crippen LogP contribution >= 0.6 is 0 Å². The average molecular weight is 285 g/mol. The van der Waals surface area contributed by atoms with Gasteiger partial charge in [0.2, 0.25) is 0 Å². The first-order valence-corrected chi connectivity index (χ1v) is 7.89. The smallest absolute Gasteiger partial charge is 0.122 e. The minimum absolute atomic E-state index is 0.0907. The molecule has 2 bridgehead atoms. The number of aliphatic hydroxyl groups is 1. The second-order valence-corrected chi connectivity index (χ2v) is 6.83. The highest BCUT2D eigenvalue weighted by Crippen LogP contribution is 2.54. The number of aliphatic hydroxyl groups excluding tert-OH is 1. The fourth-order valence-corrected chi connectivity index (χ4v) is 4.94. The molecule has 0 saturated carbocycles. The normalized spacial score (nSPS) is 37.8. The van der Waals surface area contributed by atoms with Crippen LogP contribution in [0.2, 0.25) is 0 Å². The number of nitrogens with zero attached hydrogens (tertiary/aromatic N) is 1. The van der Waals surface area contributed by atoms with Gasteiger partial charge in [0.05, 0.1) is 13.2 Å². The van der Waals surface area contributed by atoms with E-state index in [4.69, 9.17) is 4.74 Å². The van der Waals surface area contributed by atoms with Gasteiger partial charge >= 0.3 is 0 Å². The maximum absolute atomic E-state index is 10.2. The zero-order valence-corrected chi connectivity index (χ0v) is 12.7. The summed E-state index contributed by atoms with van der Waals surface area (Å²) in [6, 6.07) is 6.96. The van der Waals surface area contributed by atoms with Crippen molar-refractivity contribution in [2.24, 2.45) is 5.92 Å². The summed E-state index contributed by atoms with van der Waals surface area (Å²) in [5.74, 6) is 1.52. The number of hydrogen-bond donors (Lipinski definition) is 1. The number of rotatable bonds is 1. The maximum atomic E-state index is 10.2. The summed E-state index contributed by atoms with van der Waals surface area (Å²) in [7, 11) is 3.99. The third-order valence-electron chi connectivity index (χ3n) is 5.95. The molecule has 21 heavy (non-hydrogen) atoms. The average Bonchev–Trinajstić information content (AvgIpc) is 2.50. The molecule has 3 heteroatoms. The first kappa shape index (κ1) is 13.4. The molecule has 0 amide bonds. The molecule has 4 atom stereocenters. The van der Waals surface area contributed by atoms with E-state index >= 15 is 0 Å². The van der Waals surface area contributed by atoms with Crippen LogP contribution in [0.3, 0.4) is 0 Å². The molecule has 2 aliphatic carbocycles. The molecule has 3 nitrogen and oxygen atoms in total. The van der Waals surface area contributed by atoms with Gasteiger partial charge in [0.15, 0.2) is 0 Å². The topological polar surface area (TPSA) is 32.7 Å². The Morgan fingerprint density at radius 3 is 3.00 bits per heavy atom. The quantitative estimate of drug-likeness (QED) is 0.802. The van der Waals surface area contributed by atoms with E-state index in [0.717, 1.165) is 31.6 Å². The van der Waals surface area contributed by atoms with E-state index in [0.29, 0.717) is 12.0 Å². The first-order chi connectivity index (χ1) is 10.2. The van der Waals surface area contributed by atoms with Crippen LogP contribution in [0, 0.1) is 5.92 Å². The van der Waals surface area contributed by atoms with Crippen LogP contribution in [0.15, 0.2) is 30.4 Å². The molecule has 0 radical (unpaired) electrons. The number of likely N-dealkylation sites (tertiary alicyclic amines) is 1. The number of piperidine rings is 1. The van der Waals surface area contributed by atoms with Crippen molar-refractivity contribution < 1.29 is 9.84 Å². The van der Waals surface area contributed by atoms with Gasteiger partial charge in [0.25, 0.3) is 0 Å². The van der Waals surface area contributed by atoms with Crippen LogP contribution < -0.4 is 4.74 Å². The molecule has 112 valence electrons. The van der Waals surface area contributed by atoms with E-state index in [1.54, 1.807) is 7.11 Å². The number of hydrogen-bond acceptors (Lipinski definition) is 3. The zero-order valence-electron chi connectivity index (χ0n) is 12.7. The number of likely N-dealkylation sites (N-methyl/N-ethyl adjacent to an activating group) is 1. The lowest BCUT2D eigenvalue weighted by molar-refractivity contribution is 0.0203. The Bertz CT molecular complexity index is 597. The molecule has 0 aromatic heterocycles. The van der Waals surface area contributed by atoms with Gasteiger partial charge in [0, 0.05) is 17.4 Å². The number of benzene rings is 1. The lowest BCUT2D eigenvalue weighted by Crippen LogP contribution is -2.60. The second-order valence-electron chi connectivity index (χ2n) is 6.83. The molecule has 1 saturated heterocycles. The molecule has 1 aromatic rings. The Balaban J connectivity index is 1.94. The number of ether oxygens (including phenoxy) is 1. The van der Waals surface area contributed by atoms with Crippen molar-refractivity contribution in [2.45, 2.75) is 36.8 Å². The van der Waals surface area contributed by atoms with E-state index < -0.39 is 0 Å². The Kier molecular flexibility index (Phi) is 2.92. The monoisotopic (exact) mass is 285 g/mol. The van der Waals surface area contributed by atoms with Crippen molar-refractivity contribution >= 4 is 0 Å². The summed E-state index contributed by atoms with van der Waals surface area (Å²) in [5.41, 5.74) is 2.86. The summed E-state index contributed by atoms with van der Waals surface area (Å²) in [4.78, 5) is 2.49. The third kappa shape index (κ3) is 1.74. The largest absolute Gasteiger partial charge is 0.496 e. The summed E-state index contributed by atoms with van der Waals surface area (Å²) in [6.45, 7) is 1.11. The van der Waals surface area contributed by atoms with Crippen LogP contribution in [-0.2, 0) is 11.8 Å². The van der Waals surface area contributed by atoms with E-state index in [1.165, 1.54) is 11.1 Å². The van der Waals surface area contributed by atoms with Gasteiger partial charge in [-0.05, 0) is 50.0 Å². The van der Waals surface area contributed by atoms with E-state index in [1.807, 2.05) is 6.08 Å². The predicted molar refractivity (Wildman–Crippen MR) is 82.7 cm³/mol. The van der Waals surface area contributed by atoms with Crippen molar-refractivity contribution in [3.63, 3.8) is 0 Å². The van der Waals surface area contributed by atoms with Crippen molar-refractivity contribution in [3.8, 4) is 5.75 Å². The molecule has 1 heterocycles. The molecule has 1 aromatic carbocycles. The van der Waals surface area contributed by atoms with Gasteiger partial charge < -0.3 is 14.7 Å². The molecule has 4 rings (SSSR count). The molecule has 1 fully saturated rings. The molecular weight excluding hydrogens is 262 g/mol. The van der Waals surface area contributed by atoms with Crippen molar-refractivity contribution in [2.75, 3.05) is 20.7 Å². The van der Waals surface area contributed by atoms with Gasteiger partial charge in [-0.1, -0.05) is 24.3 Å². The minimum atomic E-state index is -0.317. The van der Waals surface area contributed by atoms with Crippen molar-refractivity contribution in [1.82, 2.24) is 4.90 Å². The standard InChI is InChI=1S/C18H23NO2/c1-19-9-8-18-11-12(20)6-7-15(18)16(19)10-13-14(18)4-3-5-17(13)21-2/h3-7,12,15-16,20H,8-11H2,1-2H3/t12-,15-,16+,18+/m0/s1. The van der Waals surface area contributed by atoms with Crippen molar-refractivity contribution in [1.29, 1.82) is 0 Å². The van der Waals surface area contributed by atoms with E-state index in [9.17, 15) is 5.11 Å². The Hall–Kier alpha value is -1.32. The molecule has 1 N–H and O–H groups in total. The Morgan fingerprint density at radius 1 is 1.33 bits per heavy atom. The SMILES string of the molecule is COc1cccc2c1C[C@@H]1[C@@H]3C=C[C@H](O)C[C@]23CCN1C. The van der Waals surface area contributed by atoms with Gasteiger partial charge in [-0.3, -0.25) is 0 Å². The zero-order chi connectivity index (χ0) is 14.6. The summed E-state index contributed by atoms with van der Waals surface area (Å²) in [5, 5.41) is 10.2.